The molecule has 0 unspecified atom stereocenters. The molecule has 1 aromatic rings. The monoisotopic (exact) mass is 261 g/mol. The molecule has 0 aliphatic rings. The van der Waals surface area contributed by atoms with Gasteiger partial charge in [-0.25, -0.2) is 4.79 Å². The molecule has 1 rings (SSSR count). The van der Waals surface area contributed by atoms with E-state index in [-0.39, 0.29) is 21.6 Å². The van der Waals surface area contributed by atoms with Crippen molar-refractivity contribution >= 4 is 17.7 Å². The van der Waals surface area contributed by atoms with E-state index >= 15 is 0 Å². The Balaban J connectivity index is 3.30. The molecule has 0 aliphatic heterocycles. The van der Waals surface area contributed by atoms with Gasteiger partial charge in [0.1, 0.15) is 6.07 Å². The Hall–Kier alpha value is -1.68. The van der Waals surface area contributed by atoms with Crippen molar-refractivity contribution in [2.45, 2.75) is 17.3 Å². The number of aryl methyl sites for hydroxylation is 1. The number of carboxylic acids is 1. The smallest absolute Gasteiger partial charge is 0.446 e. The zero-order valence-electron chi connectivity index (χ0n) is 8.50. The molecule has 0 amide bonds. The number of carbonyl (C=O) groups is 1. The molecule has 1 N–H and O–H groups in total. The molecule has 0 fully saturated rings. The Morgan fingerprint density at radius 1 is 1.47 bits per heavy atom. The van der Waals surface area contributed by atoms with Crippen LogP contribution in [0.4, 0.5) is 13.2 Å². The van der Waals surface area contributed by atoms with Crippen molar-refractivity contribution in [2.75, 3.05) is 0 Å². The standard InChI is InChI=1S/C10H6F3NO2S/c1-5-2-8(17-10(11,12)13)6(4-14)3-7(5)9(15)16/h2-3H,1H3,(H,15,16). The number of hydrogen-bond acceptors (Lipinski definition) is 3. The minimum atomic E-state index is -4.51. The van der Waals surface area contributed by atoms with E-state index in [9.17, 15) is 18.0 Å². The second-order valence-corrected chi connectivity index (χ2v) is 4.23. The molecule has 0 atom stereocenters. The van der Waals surface area contributed by atoms with Gasteiger partial charge in [-0.05, 0) is 36.4 Å². The maximum Gasteiger partial charge on any atom is 0.446 e. The van der Waals surface area contributed by atoms with E-state index in [1.165, 1.54) is 6.92 Å². The number of hydrogen-bond donors (Lipinski definition) is 1. The van der Waals surface area contributed by atoms with Crippen molar-refractivity contribution in [3.8, 4) is 6.07 Å². The highest BCUT2D eigenvalue weighted by Crippen LogP contribution is 2.39. The third kappa shape index (κ3) is 3.39. The summed E-state index contributed by atoms with van der Waals surface area (Å²) in [5.41, 5.74) is -4.80. The summed E-state index contributed by atoms with van der Waals surface area (Å²) in [5, 5.41) is 17.5. The molecule has 0 bridgehead atoms. The number of rotatable bonds is 2. The Bertz CT molecular complexity index is 505. The molecule has 0 heterocycles. The van der Waals surface area contributed by atoms with Crippen LogP contribution in [0.5, 0.6) is 0 Å². The van der Waals surface area contributed by atoms with Crippen molar-refractivity contribution < 1.29 is 23.1 Å². The van der Waals surface area contributed by atoms with Gasteiger partial charge in [-0.1, -0.05) is 0 Å². The van der Waals surface area contributed by atoms with Gasteiger partial charge in [0.05, 0.1) is 11.1 Å². The molecule has 0 aromatic heterocycles. The highest BCUT2D eigenvalue weighted by atomic mass is 32.2. The Kier molecular flexibility index (Phi) is 3.68. The number of halogens is 3. The average Bonchev–Trinajstić information content (AvgIpc) is 2.14. The van der Waals surface area contributed by atoms with Gasteiger partial charge in [-0.3, -0.25) is 0 Å². The molecule has 90 valence electrons. The summed E-state index contributed by atoms with van der Waals surface area (Å²) < 4.78 is 36.6. The third-order valence-electron chi connectivity index (χ3n) is 1.90. The van der Waals surface area contributed by atoms with Crippen LogP contribution < -0.4 is 0 Å². The van der Waals surface area contributed by atoms with Gasteiger partial charge >= 0.3 is 11.5 Å². The molecular weight excluding hydrogens is 255 g/mol. The lowest BCUT2D eigenvalue weighted by Crippen LogP contribution is -2.04. The van der Waals surface area contributed by atoms with Gasteiger partial charge < -0.3 is 5.11 Å². The predicted octanol–water partition coefficient (Wildman–Crippen LogP) is 3.18. The zero-order chi connectivity index (χ0) is 13.2. The second-order valence-electron chi connectivity index (χ2n) is 3.13. The molecule has 17 heavy (non-hydrogen) atoms. The molecule has 0 spiro atoms. The number of nitriles is 1. The summed E-state index contributed by atoms with van der Waals surface area (Å²) in [4.78, 5) is 10.5. The van der Waals surface area contributed by atoms with E-state index in [1.54, 1.807) is 6.07 Å². The predicted molar refractivity (Wildman–Crippen MR) is 54.8 cm³/mol. The first kappa shape index (κ1) is 13.4. The SMILES string of the molecule is Cc1cc(SC(F)(F)F)c(C#N)cc1C(=O)O. The van der Waals surface area contributed by atoms with Crippen LogP contribution in [0, 0.1) is 18.3 Å². The van der Waals surface area contributed by atoms with Crippen molar-refractivity contribution in [1.82, 2.24) is 0 Å². The van der Waals surface area contributed by atoms with E-state index in [1.807, 2.05) is 0 Å². The van der Waals surface area contributed by atoms with E-state index < -0.39 is 23.2 Å². The van der Waals surface area contributed by atoms with Crippen LogP contribution in [0.3, 0.4) is 0 Å². The van der Waals surface area contributed by atoms with Crippen LogP contribution in [-0.4, -0.2) is 16.6 Å². The van der Waals surface area contributed by atoms with Gasteiger partial charge in [0.15, 0.2) is 0 Å². The van der Waals surface area contributed by atoms with Crippen molar-refractivity contribution in [3.05, 3.63) is 28.8 Å². The normalized spacial score (nSPS) is 11.0. The fourth-order valence-electron chi connectivity index (χ4n) is 1.21. The summed E-state index contributed by atoms with van der Waals surface area (Å²) in [5.74, 6) is -1.28. The summed E-state index contributed by atoms with van der Waals surface area (Å²) in [6.45, 7) is 1.38. The topological polar surface area (TPSA) is 61.1 Å². The number of nitrogens with zero attached hydrogens (tertiary/aromatic N) is 1. The first-order valence-corrected chi connectivity index (χ1v) is 5.10. The third-order valence-corrected chi connectivity index (χ3v) is 2.69. The fraction of sp³-hybridized carbons (Fsp3) is 0.200. The van der Waals surface area contributed by atoms with Crippen LogP contribution >= 0.6 is 11.8 Å². The van der Waals surface area contributed by atoms with Crippen LogP contribution in [0.1, 0.15) is 21.5 Å². The molecule has 0 saturated heterocycles. The van der Waals surface area contributed by atoms with Crippen LogP contribution in [0.25, 0.3) is 0 Å². The quantitative estimate of drug-likeness (QED) is 0.830. The van der Waals surface area contributed by atoms with Crippen molar-refractivity contribution in [2.24, 2.45) is 0 Å². The Labute approximate surface area is 98.9 Å². The molecule has 3 nitrogen and oxygen atoms in total. The van der Waals surface area contributed by atoms with Crippen LogP contribution in [-0.2, 0) is 0 Å². The van der Waals surface area contributed by atoms with Gasteiger partial charge in [0.25, 0.3) is 0 Å². The number of benzene rings is 1. The van der Waals surface area contributed by atoms with E-state index in [2.05, 4.69) is 0 Å². The van der Waals surface area contributed by atoms with Crippen LogP contribution in [0.2, 0.25) is 0 Å². The van der Waals surface area contributed by atoms with Gasteiger partial charge in [-0.2, -0.15) is 18.4 Å². The molecule has 0 saturated carbocycles. The lowest BCUT2D eigenvalue weighted by Gasteiger charge is -2.09. The lowest BCUT2D eigenvalue weighted by atomic mass is 10.1. The lowest BCUT2D eigenvalue weighted by molar-refractivity contribution is -0.0328. The largest absolute Gasteiger partial charge is 0.478 e. The summed E-state index contributed by atoms with van der Waals surface area (Å²) in [7, 11) is 0. The Morgan fingerprint density at radius 2 is 2.06 bits per heavy atom. The average molecular weight is 261 g/mol. The summed E-state index contributed by atoms with van der Waals surface area (Å²) >= 11 is -0.429. The van der Waals surface area contributed by atoms with E-state index in [0.29, 0.717) is 0 Å². The minimum absolute atomic E-state index is 0.173. The van der Waals surface area contributed by atoms with E-state index in [4.69, 9.17) is 10.4 Å². The van der Waals surface area contributed by atoms with Crippen molar-refractivity contribution in [3.63, 3.8) is 0 Å². The maximum atomic E-state index is 12.2. The highest BCUT2D eigenvalue weighted by molar-refractivity contribution is 8.00. The molecule has 1 aromatic carbocycles. The zero-order valence-corrected chi connectivity index (χ0v) is 9.32. The minimum Gasteiger partial charge on any atom is -0.478 e. The molecular formula is C10H6F3NO2S. The fourth-order valence-corrected chi connectivity index (χ4v) is 1.91. The number of alkyl halides is 3. The van der Waals surface area contributed by atoms with Crippen molar-refractivity contribution in [1.29, 1.82) is 5.26 Å². The maximum absolute atomic E-state index is 12.2. The number of aromatic carboxylic acids is 1. The van der Waals surface area contributed by atoms with Gasteiger partial charge in [0, 0.05) is 4.90 Å². The van der Waals surface area contributed by atoms with Crippen LogP contribution in [0.15, 0.2) is 17.0 Å². The molecule has 0 aliphatic carbocycles. The molecule has 7 heteroatoms. The Morgan fingerprint density at radius 3 is 2.47 bits per heavy atom. The van der Waals surface area contributed by atoms with Gasteiger partial charge in [0.2, 0.25) is 0 Å². The van der Waals surface area contributed by atoms with Gasteiger partial charge in [-0.15, -0.1) is 0 Å². The second kappa shape index (κ2) is 4.67. The highest BCUT2D eigenvalue weighted by Gasteiger charge is 2.31. The molecule has 0 radical (unpaired) electrons. The number of thioether (sulfide) groups is 1. The first-order chi connectivity index (χ1) is 7.74. The summed E-state index contributed by atoms with van der Waals surface area (Å²) in [6, 6.07) is 3.56. The van der Waals surface area contributed by atoms with E-state index in [0.717, 1.165) is 12.1 Å². The number of carboxylic acid groups (broad SMARTS) is 1. The summed E-state index contributed by atoms with van der Waals surface area (Å²) in [6.07, 6.45) is 0. The first-order valence-electron chi connectivity index (χ1n) is 4.28.